The van der Waals surface area contributed by atoms with Crippen molar-refractivity contribution in [3.63, 3.8) is 0 Å². The predicted molar refractivity (Wildman–Crippen MR) is 31.7 cm³/mol. The third-order valence-electron chi connectivity index (χ3n) is 0.880. The summed E-state index contributed by atoms with van der Waals surface area (Å²) in [6, 6.07) is 0. The lowest BCUT2D eigenvalue weighted by Gasteiger charge is -2.02. The lowest BCUT2D eigenvalue weighted by Crippen LogP contribution is -2.11. The molecule has 0 aromatic heterocycles. The van der Waals surface area contributed by atoms with Gasteiger partial charge in [-0.25, -0.2) is 8.78 Å². The molecule has 10 heavy (non-hydrogen) atoms. The Hall–Kier alpha value is -1.00. The number of halogens is 3. The molecule has 0 rings (SSSR count). The normalized spacial score (nSPS) is 13.3. The van der Waals surface area contributed by atoms with Crippen LogP contribution < -0.4 is 5.73 Å². The molecule has 0 saturated heterocycles. The molecule has 0 spiro atoms. The van der Waals surface area contributed by atoms with E-state index < -0.39 is 18.0 Å². The van der Waals surface area contributed by atoms with E-state index in [4.69, 9.17) is 11.1 Å². The average Bonchev–Trinajstić information content (AvgIpc) is 1.59. The van der Waals surface area contributed by atoms with Gasteiger partial charge in [0.15, 0.2) is 0 Å². The van der Waals surface area contributed by atoms with E-state index in [0.717, 1.165) is 6.92 Å². The van der Waals surface area contributed by atoms with Gasteiger partial charge in [0, 0.05) is 5.70 Å². The van der Waals surface area contributed by atoms with Crippen LogP contribution in [0.1, 0.15) is 6.92 Å². The Morgan fingerprint density at radius 1 is 1.50 bits per heavy atom. The fourth-order valence-corrected chi connectivity index (χ4v) is 0.441. The summed E-state index contributed by atoms with van der Waals surface area (Å²) in [5, 5.41) is 6.23. The van der Waals surface area contributed by atoms with Gasteiger partial charge in [-0.2, -0.15) is 4.39 Å². The van der Waals surface area contributed by atoms with E-state index in [0.29, 0.717) is 0 Å². The van der Waals surface area contributed by atoms with Crippen molar-refractivity contribution in [1.29, 1.82) is 5.41 Å². The van der Waals surface area contributed by atoms with Crippen molar-refractivity contribution in [2.75, 3.05) is 0 Å². The van der Waals surface area contributed by atoms with Crippen molar-refractivity contribution < 1.29 is 13.2 Å². The van der Waals surface area contributed by atoms with Gasteiger partial charge in [-0.15, -0.1) is 0 Å². The molecule has 58 valence electrons. The van der Waals surface area contributed by atoms with Crippen LogP contribution in [0.3, 0.4) is 0 Å². The van der Waals surface area contributed by atoms with Gasteiger partial charge < -0.3 is 5.73 Å². The summed E-state index contributed by atoms with van der Waals surface area (Å²) < 4.78 is 35.2. The first kappa shape index (κ1) is 9.00. The van der Waals surface area contributed by atoms with Crippen molar-refractivity contribution >= 4 is 5.97 Å². The number of hydrogen-bond acceptors (Lipinski definition) is 2. The Kier molecular flexibility index (Phi) is 2.92. The molecule has 0 aliphatic rings. The van der Waals surface area contributed by atoms with Crippen LogP contribution in [-0.4, -0.2) is 12.4 Å². The summed E-state index contributed by atoms with van der Waals surface area (Å²) in [5.41, 5.74) is 3.47. The quantitative estimate of drug-likeness (QED) is 0.578. The molecule has 0 unspecified atom stereocenters. The maximum absolute atomic E-state index is 11.8. The minimum Gasteiger partial charge on any atom is -0.402 e. The second-order valence-corrected chi connectivity index (χ2v) is 1.71. The molecule has 0 heterocycles. The first-order valence-corrected chi connectivity index (χ1v) is 2.45. The van der Waals surface area contributed by atoms with Crippen LogP contribution in [0.2, 0.25) is 0 Å². The molecular weight excluding hydrogens is 145 g/mol. The Morgan fingerprint density at radius 3 is 1.90 bits per heavy atom. The van der Waals surface area contributed by atoms with E-state index in [1.165, 1.54) is 0 Å². The van der Waals surface area contributed by atoms with Crippen LogP contribution in [0.5, 0.6) is 0 Å². The van der Waals surface area contributed by atoms with E-state index >= 15 is 0 Å². The molecule has 0 saturated carbocycles. The van der Waals surface area contributed by atoms with Gasteiger partial charge >= 0.3 is 0 Å². The summed E-state index contributed by atoms with van der Waals surface area (Å²) >= 11 is 0. The first-order valence-electron chi connectivity index (χ1n) is 2.45. The molecule has 0 amide bonds. The highest BCUT2D eigenvalue weighted by molar-refractivity contribution is 5.91. The van der Waals surface area contributed by atoms with E-state index in [2.05, 4.69) is 0 Å². The zero-order chi connectivity index (χ0) is 8.31. The van der Waals surface area contributed by atoms with Crippen molar-refractivity contribution in [3.05, 3.63) is 11.3 Å². The number of hydrogen-bond donors (Lipinski definition) is 2. The maximum atomic E-state index is 11.8. The van der Waals surface area contributed by atoms with Gasteiger partial charge in [-0.3, -0.25) is 5.41 Å². The standard InChI is InChI=1S/C5H7F3N2/c1-2(9)3(4(6)7)5(8)10/h4,10H,9H2,1H3/b3-2-,10-5?. The Labute approximate surface area is 56.0 Å². The summed E-state index contributed by atoms with van der Waals surface area (Å²) in [5.74, 6) is -1.67. The van der Waals surface area contributed by atoms with E-state index in [1.54, 1.807) is 0 Å². The summed E-state index contributed by atoms with van der Waals surface area (Å²) in [6.07, 6.45) is -3.01. The second-order valence-electron chi connectivity index (χ2n) is 1.71. The smallest absolute Gasteiger partial charge is 0.269 e. The van der Waals surface area contributed by atoms with Crippen LogP contribution >= 0.6 is 0 Å². The second kappa shape index (κ2) is 3.24. The third-order valence-corrected chi connectivity index (χ3v) is 0.880. The molecule has 0 aromatic rings. The van der Waals surface area contributed by atoms with Crippen molar-refractivity contribution in [2.45, 2.75) is 13.3 Å². The molecule has 0 aliphatic carbocycles. The van der Waals surface area contributed by atoms with Crippen LogP contribution in [0.15, 0.2) is 11.3 Å². The average molecular weight is 152 g/mol. The Balaban J connectivity index is 4.61. The molecular formula is C5H7F3N2. The van der Waals surface area contributed by atoms with Gasteiger partial charge in [0.25, 0.3) is 6.43 Å². The predicted octanol–water partition coefficient (Wildman–Crippen LogP) is 1.43. The minimum atomic E-state index is -3.01. The number of nitrogens with one attached hydrogen (secondary N) is 1. The van der Waals surface area contributed by atoms with Gasteiger partial charge in [0.2, 0.25) is 5.97 Å². The fraction of sp³-hybridized carbons (Fsp3) is 0.400. The molecule has 5 heteroatoms. The van der Waals surface area contributed by atoms with Gasteiger partial charge in [0.05, 0.1) is 5.57 Å². The highest BCUT2D eigenvalue weighted by atomic mass is 19.3. The van der Waals surface area contributed by atoms with Crippen LogP contribution in [-0.2, 0) is 0 Å². The molecule has 2 nitrogen and oxygen atoms in total. The number of nitrogens with two attached hydrogens (primary N) is 1. The zero-order valence-electron chi connectivity index (χ0n) is 5.29. The third kappa shape index (κ3) is 2.08. The maximum Gasteiger partial charge on any atom is 0.269 e. The van der Waals surface area contributed by atoms with Crippen LogP contribution in [0.4, 0.5) is 13.2 Å². The van der Waals surface area contributed by atoms with Gasteiger partial charge in [-0.05, 0) is 6.92 Å². The van der Waals surface area contributed by atoms with Crippen molar-refractivity contribution in [3.8, 4) is 0 Å². The summed E-state index contributed by atoms with van der Waals surface area (Å²) in [4.78, 5) is 0. The number of alkyl halides is 2. The molecule has 0 atom stereocenters. The van der Waals surface area contributed by atoms with Crippen molar-refractivity contribution in [2.24, 2.45) is 5.73 Å². The highest BCUT2D eigenvalue weighted by Crippen LogP contribution is 2.12. The molecule has 0 bridgehead atoms. The van der Waals surface area contributed by atoms with E-state index in [9.17, 15) is 13.2 Å². The van der Waals surface area contributed by atoms with Crippen LogP contribution in [0, 0.1) is 5.41 Å². The van der Waals surface area contributed by atoms with E-state index in [-0.39, 0.29) is 5.70 Å². The Bertz CT molecular complexity index is 170. The lowest BCUT2D eigenvalue weighted by atomic mass is 10.2. The highest BCUT2D eigenvalue weighted by Gasteiger charge is 2.18. The monoisotopic (exact) mass is 152 g/mol. The van der Waals surface area contributed by atoms with E-state index in [1.807, 2.05) is 0 Å². The molecule has 3 N–H and O–H groups in total. The largest absolute Gasteiger partial charge is 0.402 e. The fourth-order valence-electron chi connectivity index (χ4n) is 0.441. The molecule has 0 aliphatic heterocycles. The molecule has 0 aromatic carbocycles. The topological polar surface area (TPSA) is 49.9 Å². The van der Waals surface area contributed by atoms with Gasteiger partial charge in [-0.1, -0.05) is 0 Å². The SMILES string of the molecule is C/C(N)=C(/C(=N)F)C(F)F. The first-order chi connectivity index (χ1) is 4.46. The molecule has 0 radical (unpaired) electrons. The van der Waals surface area contributed by atoms with Crippen molar-refractivity contribution in [1.82, 2.24) is 0 Å². The molecule has 0 fully saturated rings. The zero-order valence-corrected chi connectivity index (χ0v) is 5.29. The summed E-state index contributed by atoms with van der Waals surface area (Å²) in [6.45, 7) is 1.12. The number of allylic oxidation sites excluding steroid dienone is 2. The lowest BCUT2D eigenvalue weighted by molar-refractivity contribution is 0.193. The van der Waals surface area contributed by atoms with Gasteiger partial charge in [0.1, 0.15) is 0 Å². The minimum absolute atomic E-state index is 0.359. The Morgan fingerprint density at radius 2 is 1.90 bits per heavy atom. The summed E-state index contributed by atoms with van der Waals surface area (Å²) in [7, 11) is 0. The van der Waals surface area contributed by atoms with Crippen LogP contribution in [0.25, 0.3) is 0 Å². The number of rotatable bonds is 2.